The number of methoxy groups -OCH3 is 1. The van der Waals surface area contributed by atoms with E-state index in [0.29, 0.717) is 16.5 Å². The summed E-state index contributed by atoms with van der Waals surface area (Å²) < 4.78 is 12.4. The van der Waals surface area contributed by atoms with Crippen molar-refractivity contribution in [1.29, 1.82) is 0 Å². The van der Waals surface area contributed by atoms with Gasteiger partial charge < -0.3 is 14.3 Å². The summed E-state index contributed by atoms with van der Waals surface area (Å²) in [6, 6.07) is 14.7. The number of halogens is 1. The molecule has 0 atom stereocenters. The summed E-state index contributed by atoms with van der Waals surface area (Å²) in [5.41, 5.74) is 3.16. The molecule has 0 aliphatic heterocycles. The smallest absolute Gasteiger partial charge is 0.360 e. The molecule has 8 heteroatoms. The summed E-state index contributed by atoms with van der Waals surface area (Å²) in [5, 5.41) is 8.92. The van der Waals surface area contributed by atoms with Crippen LogP contribution >= 0.6 is 11.6 Å². The summed E-state index contributed by atoms with van der Waals surface area (Å²) in [6.45, 7) is 2.07. The van der Waals surface area contributed by atoms with Crippen LogP contribution in [0.15, 0.2) is 59.9 Å². The van der Waals surface area contributed by atoms with E-state index < -0.39 is 5.97 Å². The van der Waals surface area contributed by atoms with E-state index in [1.807, 2.05) is 37.3 Å². The van der Waals surface area contributed by atoms with E-state index in [1.165, 1.54) is 14.2 Å². The Morgan fingerprint density at radius 3 is 2.59 bits per heavy atom. The number of benzene rings is 2. The minimum absolute atomic E-state index is 0.0818. The molecule has 29 heavy (non-hydrogen) atoms. The number of carbonyl (C=O) groups excluding carboxylic acids is 1. The van der Waals surface area contributed by atoms with Crippen LogP contribution in [-0.2, 0) is 21.0 Å². The summed E-state index contributed by atoms with van der Waals surface area (Å²) in [4.78, 5) is 17.0. The van der Waals surface area contributed by atoms with Crippen LogP contribution in [0.25, 0.3) is 5.69 Å². The highest BCUT2D eigenvalue weighted by molar-refractivity contribution is 6.43. The van der Waals surface area contributed by atoms with Crippen molar-refractivity contribution in [3.05, 3.63) is 76.4 Å². The lowest BCUT2D eigenvalue weighted by molar-refractivity contribution is -0.132. The van der Waals surface area contributed by atoms with Gasteiger partial charge in [0.15, 0.2) is 5.71 Å². The fourth-order valence-electron chi connectivity index (χ4n) is 2.83. The number of hydrogen-bond acceptors (Lipinski definition) is 6. The number of rotatable bonds is 7. The Morgan fingerprint density at radius 1 is 1.14 bits per heavy atom. The van der Waals surface area contributed by atoms with Crippen molar-refractivity contribution in [2.45, 2.75) is 13.5 Å². The van der Waals surface area contributed by atoms with E-state index in [0.717, 1.165) is 16.8 Å². The molecule has 0 saturated heterocycles. The number of ether oxygens (including phenoxy) is 2. The molecule has 0 radical (unpaired) electrons. The number of carbonyl (C=O) groups is 1. The third kappa shape index (κ3) is 4.75. The fourth-order valence-corrected chi connectivity index (χ4v) is 2.96. The van der Waals surface area contributed by atoms with Crippen molar-refractivity contribution in [3.63, 3.8) is 0 Å². The number of hydrogen-bond donors (Lipinski definition) is 0. The zero-order chi connectivity index (χ0) is 20.8. The van der Waals surface area contributed by atoms with E-state index in [9.17, 15) is 4.79 Å². The molecule has 0 N–H and O–H groups in total. The molecule has 0 unspecified atom stereocenters. The third-order valence-electron chi connectivity index (χ3n) is 4.19. The maximum atomic E-state index is 12.2. The lowest BCUT2D eigenvalue weighted by Crippen LogP contribution is -2.21. The first-order valence-electron chi connectivity index (χ1n) is 8.76. The molecule has 0 aliphatic rings. The summed E-state index contributed by atoms with van der Waals surface area (Å²) in [6.07, 6.45) is 1.79. The molecule has 0 bridgehead atoms. The topological polar surface area (TPSA) is 74.9 Å². The average molecular weight is 414 g/mol. The summed E-state index contributed by atoms with van der Waals surface area (Å²) in [5.74, 6) is -0.148. The van der Waals surface area contributed by atoms with E-state index in [2.05, 4.69) is 10.3 Å². The first-order chi connectivity index (χ1) is 14.0. The molecule has 2 aromatic carbocycles. The van der Waals surface area contributed by atoms with Crippen molar-refractivity contribution >= 4 is 23.3 Å². The van der Waals surface area contributed by atoms with E-state index in [1.54, 1.807) is 29.1 Å². The Kier molecular flexibility index (Phi) is 6.51. The van der Waals surface area contributed by atoms with Crippen molar-refractivity contribution in [3.8, 4) is 11.6 Å². The molecule has 0 aliphatic carbocycles. The van der Waals surface area contributed by atoms with E-state index >= 15 is 0 Å². The molecule has 1 aromatic heterocycles. The predicted octanol–water partition coefficient (Wildman–Crippen LogP) is 3.94. The molecule has 0 saturated carbocycles. The van der Waals surface area contributed by atoms with Gasteiger partial charge in [-0.25, -0.2) is 9.48 Å². The Bertz CT molecular complexity index is 1030. The Morgan fingerprint density at radius 2 is 1.90 bits per heavy atom. The van der Waals surface area contributed by atoms with Crippen LogP contribution in [0, 0.1) is 6.92 Å². The van der Waals surface area contributed by atoms with Gasteiger partial charge in [0.25, 0.3) is 0 Å². The second-order valence-corrected chi connectivity index (χ2v) is 6.52. The Labute approximate surface area is 173 Å². The first-order valence-corrected chi connectivity index (χ1v) is 9.14. The minimum atomic E-state index is -0.589. The third-order valence-corrected chi connectivity index (χ3v) is 4.44. The molecular weight excluding hydrogens is 394 g/mol. The second-order valence-electron chi connectivity index (χ2n) is 6.09. The standard InChI is InChI=1S/C21H20ClN3O4/c1-14-5-4-6-15(19(14)20(24-28-3)21(26)27-2)13-29-18-11-12-25(23-18)17-9-7-16(22)8-10-17/h4-12H,13H2,1-3H3/b24-20+. The molecule has 0 amide bonds. The van der Waals surface area contributed by atoms with Crippen LogP contribution in [0.5, 0.6) is 5.88 Å². The molecule has 0 fully saturated rings. The van der Waals surface area contributed by atoms with Crippen LogP contribution in [0.4, 0.5) is 0 Å². The highest BCUT2D eigenvalue weighted by atomic mass is 35.5. The Balaban J connectivity index is 1.83. The van der Waals surface area contributed by atoms with Gasteiger partial charge in [0.2, 0.25) is 5.88 Å². The quantitative estimate of drug-likeness (QED) is 0.333. The molecule has 1 heterocycles. The maximum Gasteiger partial charge on any atom is 0.360 e. The van der Waals surface area contributed by atoms with Crippen molar-refractivity contribution in [1.82, 2.24) is 9.78 Å². The van der Waals surface area contributed by atoms with Crippen LogP contribution in [-0.4, -0.2) is 35.7 Å². The SMILES string of the molecule is CO/N=C(/C(=O)OC)c1c(C)cccc1COc1ccn(-c2ccc(Cl)cc2)n1. The van der Waals surface area contributed by atoms with Crippen LogP contribution in [0.3, 0.4) is 0 Å². The monoisotopic (exact) mass is 413 g/mol. The normalized spacial score (nSPS) is 11.2. The highest BCUT2D eigenvalue weighted by Crippen LogP contribution is 2.20. The van der Waals surface area contributed by atoms with Gasteiger partial charge in [-0.15, -0.1) is 5.10 Å². The van der Waals surface area contributed by atoms with Gasteiger partial charge in [0.05, 0.1) is 12.8 Å². The number of aryl methyl sites for hydroxylation is 1. The average Bonchev–Trinajstić information content (AvgIpc) is 3.20. The van der Waals surface area contributed by atoms with Gasteiger partial charge in [0.1, 0.15) is 13.7 Å². The zero-order valence-corrected chi connectivity index (χ0v) is 17.0. The van der Waals surface area contributed by atoms with Crippen LogP contribution < -0.4 is 4.74 Å². The van der Waals surface area contributed by atoms with Gasteiger partial charge in [-0.2, -0.15) is 0 Å². The highest BCUT2D eigenvalue weighted by Gasteiger charge is 2.21. The van der Waals surface area contributed by atoms with Crippen molar-refractivity contribution in [2.24, 2.45) is 5.16 Å². The summed E-state index contributed by atoms with van der Waals surface area (Å²) in [7, 11) is 2.67. The lowest BCUT2D eigenvalue weighted by Gasteiger charge is -2.13. The number of aromatic nitrogens is 2. The van der Waals surface area contributed by atoms with Crippen molar-refractivity contribution in [2.75, 3.05) is 14.2 Å². The summed E-state index contributed by atoms with van der Waals surface area (Å²) >= 11 is 5.92. The molecule has 150 valence electrons. The van der Waals surface area contributed by atoms with E-state index in [4.69, 9.17) is 25.9 Å². The predicted molar refractivity (Wildman–Crippen MR) is 110 cm³/mol. The number of nitrogens with zero attached hydrogens (tertiary/aromatic N) is 3. The van der Waals surface area contributed by atoms with Gasteiger partial charge in [-0.3, -0.25) is 0 Å². The van der Waals surface area contributed by atoms with Gasteiger partial charge in [0, 0.05) is 22.8 Å². The lowest BCUT2D eigenvalue weighted by atomic mass is 9.98. The molecule has 3 aromatic rings. The minimum Gasteiger partial charge on any atom is -0.472 e. The van der Waals surface area contributed by atoms with Crippen LogP contribution in [0.2, 0.25) is 5.02 Å². The maximum absolute atomic E-state index is 12.2. The number of esters is 1. The first kappa shape index (κ1) is 20.4. The van der Waals surface area contributed by atoms with Gasteiger partial charge in [-0.05, 0) is 42.3 Å². The molecule has 3 rings (SSSR count). The van der Waals surface area contributed by atoms with E-state index in [-0.39, 0.29) is 12.3 Å². The van der Waals surface area contributed by atoms with Gasteiger partial charge in [-0.1, -0.05) is 35.0 Å². The van der Waals surface area contributed by atoms with Crippen LogP contribution in [0.1, 0.15) is 16.7 Å². The molecular formula is C21H20ClN3O4. The largest absolute Gasteiger partial charge is 0.472 e. The fraction of sp³-hybridized carbons (Fsp3) is 0.190. The second kappa shape index (κ2) is 9.25. The molecule has 7 nitrogen and oxygen atoms in total. The van der Waals surface area contributed by atoms with Gasteiger partial charge >= 0.3 is 5.97 Å². The molecule has 0 spiro atoms. The van der Waals surface area contributed by atoms with Crippen molar-refractivity contribution < 1.29 is 19.1 Å². The zero-order valence-electron chi connectivity index (χ0n) is 16.3. The Hall–Kier alpha value is -3.32. The number of oxime groups is 1.